The summed E-state index contributed by atoms with van der Waals surface area (Å²) in [6.07, 6.45) is 3.13. The minimum Gasteiger partial charge on any atom is -0.481 e. The van der Waals surface area contributed by atoms with Gasteiger partial charge < -0.3 is 5.11 Å². The number of carbonyl (C=O) groups is 1. The molecule has 4 heteroatoms. The van der Waals surface area contributed by atoms with Crippen molar-refractivity contribution in [1.29, 1.82) is 0 Å². The predicted octanol–water partition coefficient (Wildman–Crippen LogP) is 3.89. The third-order valence-corrected chi connectivity index (χ3v) is 3.88. The fraction of sp³-hybridized carbons (Fsp3) is 0.417. The molecule has 0 aromatic heterocycles. The van der Waals surface area contributed by atoms with E-state index in [2.05, 4.69) is 0 Å². The summed E-state index contributed by atoms with van der Waals surface area (Å²) in [4.78, 5) is 11.5. The van der Waals surface area contributed by atoms with Gasteiger partial charge in [0.25, 0.3) is 0 Å². The van der Waals surface area contributed by atoms with Crippen LogP contribution < -0.4 is 0 Å². The molecule has 1 aliphatic carbocycles. The van der Waals surface area contributed by atoms with E-state index in [1.807, 2.05) is 0 Å². The maximum atomic E-state index is 11.5. The van der Waals surface area contributed by atoms with Crippen molar-refractivity contribution >= 4 is 29.2 Å². The smallest absolute Gasteiger partial charge is 0.314 e. The van der Waals surface area contributed by atoms with Gasteiger partial charge in [-0.3, -0.25) is 4.79 Å². The number of carboxylic acids is 1. The van der Waals surface area contributed by atoms with E-state index in [0.717, 1.165) is 12.8 Å². The quantitative estimate of drug-likeness (QED) is 0.874. The van der Waals surface area contributed by atoms with Crippen LogP contribution in [0.25, 0.3) is 0 Å². The Kier molecular flexibility index (Phi) is 3.13. The Morgan fingerprint density at radius 3 is 2.44 bits per heavy atom. The van der Waals surface area contributed by atoms with Crippen molar-refractivity contribution in [3.05, 3.63) is 33.8 Å². The van der Waals surface area contributed by atoms with Gasteiger partial charge >= 0.3 is 5.97 Å². The third kappa shape index (κ3) is 1.80. The van der Waals surface area contributed by atoms with E-state index in [9.17, 15) is 9.90 Å². The minimum atomic E-state index is -0.831. The maximum Gasteiger partial charge on any atom is 0.314 e. The van der Waals surface area contributed by atoms with Crippen molar-refractivity contribution < 1.29 is 9.90 Å². The largest absolute Gasteiger partial charge is 0.481 e. The van der Waals surface area contributed by atoms with Crippen molar-refractivity contribution in [2.24, 2.45) is 0 Å². The van der Waals surface area contributed by atoms with Crippen molar-refractivity contribution in [2.75, 3.05) is 0 Å². The Morgan fingerprint density at radius 2 is 1.88 bits per heavy atom. The molecule has 1 N–H and O–H groups in total. The first-order valence-corrected chi connectivity index (χ1v) is 6.01. The summed E-state index contributed by atoms with van der Waals surface area (Å²) in [6.45, 7) is 0. The average Bonchev–Trinajstić information content (AvgIpc) is 2.71. The van der Waals surface area contributed by atoms with Crippen molar-refractivity contribution in [3.63, 3.8) is 0 Å². The first-order valence-electron chi connectivity index (χ1n) is 5.25. The van der Waals surface area contributed by atoms with Gasteiger partial charge in [0.15, 0.2) is 0 Å². The zero-order valence-corrected chi connectivity index (χ0v) is 10.2. The highest BCUT2D eigenvalue weighted by Gasteiger charge is 2.44. The second-order valence-corrected chi connectivity index (χ2v) is 5.06. The number of hydrogen-bond acceptors (Lipinski definition) is 1. The maximum absolute atomic E-state index is 11.5. The zero-order chi connectivity index (χ0) is 11.8. The Morgan fingerprint density at radius 1 is 1.25 bits per heavy atom. The summed E-state index contributed by atoms with van der Waals surface area (Å²) in [5.41, 5.74) is -0.172. The molecule has 16 heavy (non-hydrogen) atoms. The molecule has 0 unspecified atom stereocenters. The fourth-order valence-electron chi connectivity index (χ4n) is 2.44. The normalized spacial score (nSPS) is 18.6. The molecule has 0 radical (unpaired) electrons. The Bertz CT molecular complexity index is 423. The molecular weight excluding hydrogens is 247 g/mol. The lowest BCUT2D eigenvalue weighted by Crippen LogP contribution is -2.32. The van der Waals surface area contributed by atoms with Crippen molar-refractivity contribution in [2.45, 2.75) is 31.1 Å². The highest BCUT2D eigenvalue weighted by molar-refractivity contribution is 6.34. The Labute approximate surface area is 104 Å². The van der Waals surface area contributed by atoms with Crippen molar-refractivity contribution in [1.82, 2.24) is 0 Å². The highest BCUT2D eigenvalue weighted by Crippen LogP contribution is 2.44. The van der Waals surface area contributed by atoms with E-state index in [1.54, 1.807) is 18.2 Å². The van der Waals surface area contributed by atoms with Crippen LogP contribution in [-0.2, 0) is 10.2 Å². The minimum absolute atomic E-state index is 0.494. The monoisotopic (exact) mass is 258 g/mol. The molecule has 0 bridgehead atoms. The van der Waals surface area contributed by atoms with Gasteiger partial charge in [0.2, 0.25) is 0 Å². The molecule has 1 saturated carbocycles. The molecule has 2 nitrogen and oxygen atoms in total. The van der Waals surface area contributed by atoms with Crippen LogP contribution in [0.15, 0.2) is 18.2 Å². The molecule has 0 heterocycles. The van der Waals surface area contributed by atoms with Gasteiger partial charge in [0.05, 0.1) is 5.41 Å². The van der Waals surface area contributed by atoms with Crippen LogP contribution in [0.2, 0.25) is 10.0 Å². The van der Waals surface area contributed by atoms with E-state index in [1.165, 1.54) is 0 Å². The summed E-state index contributed by atoms with van der Waals surface area (Å²) >= 11 is 12.0. The lowest BCUT2D eigenvalue weighted by molar-refractivity contribution is -0.143. The molecule has 0 spiro atoms. The van der Waals surface area contributed by atoms with Crippen LogP contribution in [0.4, 0.5) is 0 Å². The molecule has 2 rings (SSSR count). The fourth-order valence-corrected chi connectivity index (χ4v) is 2.91. The van der Waals surface area contributed by atoms with E-state index in [0.29, 0.717) is 28.5 Å². The second kappa shape index (κ2) is 4.27. The second-order valence-electron chi connectivity index (χ2n) is 4.22. The number of halogens is 2. The van der Waals surface area contributed by atoms with Crippen LogP contribution in [-0.4, -0.2) is 11.1 Å². The summed E-state index contributed by atoms with van der Waals surface area (Å²) in [7, 11) is 0. The number of hydrogen-bond donors (Lipinski definition) is 1. The number of carboxylic acid groups (broad SMARTS) is 1. The van der Waals surface area contributed by atoms with E-state index in [4.69, 9.17) is 23.2 Å². The zero-order valence-electron chi connectivity index (χ0n) is 8.67. The molecule has 1 aromatic carbocycles. The van der Waals surface area contributed by atoms with Crippen LogP contribution in [0, 0.1) is 0 Å². The molecule has 1 fully saturated rings. The van der Waals surface area contributed by atoms with E-state index >= 15 is 0 Å². The molecule has 1 aromatic rings. The summed E-state index contributed by atoms with van der Waals surface area (Å²) in [5, 5.41) is 10.5. The summed E-state index contributed by atoms with van der Waals surface area (Å²) in [5.74, 6) is -0.797. The van der Waals surface area contributed by atoms with Gasteiger partial charge in [-0.15, -0.1) is 0 Å². The molecule has 0 atom stereocenters. The van der Waals surface area contributed by atoms with Crippen molar-refractivity contribution in [3.8, 4) is 0 Å². The third-order valence-electron chi connectivity index (χ3n) is 3.31. The standard InChI is InChI=1S/C12H12Cl2O2/c13-8-3-4-10(14)9(7-8)12(11(15)16)5-1-2-6-12/h3-4,7H,1-2,5-6H2,(H,15,16). The van der Waals surface area contributed by atoms with Crippen LogP contribution >= 0.6 is 23.2 Å². The first-order chi connectivity index (χ1) is 7.56. The van der Waals surface area contributed by atoms with Gasteiger partial charge in [0.1, 0.15) is 0 Å². The molecule has 0 aliphatic heterocycles. The van der Waals surface area contributed by atoms with Gasteiger partial charge in [-0.25, -0.2) is 0 Å². The average molecular weight is 259 g/mol. The predicted molar refractivity (Wildman–Crippen MR) is 64.2 cm³/mol. The lowest BCUT2D eigenvalue weighted by Gasteiger charge is -2.25. The molecular formula is C12H12Cl2O2. The van der Waals surface area contributed by atoms with Gasteiger partial charge in [-0.1, -0.05) is 36.0 Å². The van der Waals surface area contributed by atoms with Gasteiger partial charge in [-0.05, 0) is 36.6 Å². The molecule has 0 amide bonds. The number of aliphatic carboxylic acids is 1. The first kappa shape index (κ1) is 11.7. The van der Waals surface area contributed by atoms with Gasteiger partial charge in [-0.2, -0.15) is 0 Å². The lowest BCUT2D eigenvalue weighted by atomic mass is 9.79. The molecule has 0 saturated heterocycles. The highest BCUT2D eigenvalue weighted by atomic mass is 35.5. The Hall–Kier alpha value is -0.730. The van der Waals surface area contributed by atoms with Crippen LogP contribution in [0.5, 0.6) is 0 Å². The van der Waals surface area contributed by atoms with Crippen LogP contribution in [0.1, 0.15) is 31.2 Å². The summed E-state index contributed by atoms with van der Waals surface area (Å²) in [6, 6.07) is 5.03. The Balaban J connectivity index is 2.55. The summed E-state index contributed by atoms with van der Waals surface area (Å²) < 4.78 is 0. The topological polar surface area (TPSA) is 37.3 Å². The number of rotatable bonds is 2. The number of benzene rings is 1. The molecule has 86 valence electrons. The van der Waals surface area contributed by atoms with Crippen LogP contribution in [0.3, 0.4) is 0 Å². The van der Waals surface area contributed by atoms with Gasteiger partial charge in [0, 0.05) is 10.0 Å². The van der Waals surface area contributed by atoms with E-state index < -0.39 is 11.4 Å². The van der Waals surface area contributed by atoms with E-state index in [-0.39, 0.29) is 0 Å². The SMILES string of the molecule is O=C(O)C1(c2cc(Cl)ccc2Cl)CCCC1. The molecule has 1 aliphatic rings.